The molecule has 0 fully saturated rings. The summed E-state index contributed by atoms with van der Waals surface area (Å²) in [6, 6.07) is 0. The molecule has 0 saturated carbocycles. The molecule has 19 heavy (non-hydrogen) atoms. The summed E-state index contributed by atoms with van der Waals surface area (Å²) in [7, 11) is 0. The van der Waals surface area contributed by atoms with Crippen LogP contribution in [0.25, 0.3) is 0 Å². The lowest BCUT2D eigenvalue weighted by molar-refractivity contribution is -0.104. The molecule has 3 heteroatoms. The van der Waals surface area contributed by atoms with Gasteiger partial charge >= 0.3 is 0 Å². The van der Waals surface area contributed by atoms with Crippen molar-refractivity contribution in [3.05, 3.63) is 11.0 Å². The van der Waals surface area contributed by atoms with Crippen molar-refractivity contribution >= 4 is 29.8 Å². The lowest BCUT2D eigenvalue weighted by Gasteiger charge is -2.01. The number of carbonyl (C=O) groups is 1. The topological polar surface area (TPSA) is 17.1 Å². The van der Waals surface area contributed by atoms with E-state index in [1.807, 2.05) is 11.8 Å². The molecule has 0 N–H and O–H groups in total. The first-order chi connectivity index (χ1) is 9.35. The second-order valence-corrected chi connectivity index (χ2v) is 7.09. The minimum atomic E-state index is 0.928. The average Bonchev–Trinajstić information content (AvgIpc) is 2.44. The predicted molar refractivity (Wildman–Crippen MR) is 92.2 cm³/mol. The van der Waals surface area contributed by atoms with Crippen molar-refractivity contribution in [2.24, 2.45) is 0 Å². The maximum atomic E-state index is 10.9. The van der Waals surface area contributed by atoms with Crippen molar-refractivity contribution < 1.29 is 4.79 Å². The third-order valence-electron chi connectivity index (χ3n) is 2.93. The highest BCUT2D eigenvalue weighted by molar-refractivity contribution is 8.04. The summed E-state index contributed by atoms with van der Waals surface area (Å²) in [4.78, 5) is 11.9. The van der Waals surface area contributed by atoms with Crippen LogP contribution in [0.3, 0.4) is 0 Å². The molecule has 0 unspecified atom stereocenters. The van der Waals surface area contributed by atoms with E-state index < -0.39 is 0 Å². The Balaban J connectivity index is 3.49. The second kappa shape index (κ2) is 16.2. The third kappa shape index (κ3) is 14.3. The Bertz CT molecular complexity index is 227. The smallest absolute Gasteiger partial charge is 0.156 e. The zero-order valence-corrected chi connectivity index (χ0v) is 14.3. The van der Waals surface area contributed by atoms with Gasteiger partial charge in [-0.2, -0.15) is 11.8 Å². The fourth-order valence-corrected chi connectivity index (χ4v) is 3.55. The first-order valence-electron chi connectivity index (χ1n) is 7.71. The first kappa shape index (κ1) is 19.1. The van der Waals surface area contributed by atoms with Gasteiger partial charge < -0.3 is 0 Å². The Hall–Kier alpha value is 0.110. The molecule has 0 aromatic heterocycles. The van der Waals surface area contributed by atoms with Crippen molar-refractivity contribution in [2.45, 2.75) is 65.2 Å². The minimum absolute atomic E-state index is 0.928. The molecule has 1 nitrogen and oxygen atoms in total. The van der Waals surface area contributed by atoms with Crippen LogP contribution in [0.1, 0.15) is 65.2 Å². The summed E-state index contributed by atoms with van der Waals surface area (Å²) in [5.74, 6) is 3.30. The predicted octanol–water partition coefficient (Wildman–Crippen LogP) is 5.70. The molecule has 0 aliphatic heterocycles. The Labute approximate surface area is 128 Å². The molecule has 0 radical (unpaired) electrons. The number of thioether (sulfide) groups is 2. The van der Waals surface area contributed by atoms with E-state index in [-0.39, 0.29) is 0 Å². The highest BCUT2D eigenvalue weighted by Crippen LogP contribution is 2.17. The normalized spacial score (nSPS) is 11.8. The van der Waals surface area contributed by atoms with E-state index in [0.717, 1.165) is 22.7 Å². The van der Waals surface area contributed by atoms with Crippen LogP contribution in [0.4, 0.5) is 0 Å². The molecule has 0 spiro atoms. The summed E-state index contributed by atoms with van der Waals surface area (Å²) in [6.45, 7) is 4.46. The molecule has 0 bridgehead atoms. The van der Waals surface area contributed by atoms with Crippen LogP contribution < -0.4 is 0 Å². The number of allylic oxidation sites excluding steroid dienone is 1. The average molecular weight is 303 g/mol. The zero-order valence-electron chi connectivity index (χ0n) is 12.7. The molecule has 0 aliphatic rings. The summed E-state index contributed by atoms with van der Waals surface area (Å²) >= 11 is 3.67. The van der Waals surface area contributed by atoms with Gasteiger partial charge in [-0.05, 0) is 24.3 Å². The molecule has 0 aliphatic carbocycles. The minimum Gasteiger partial charge on any atom is -0.297 e. The van der Waals surface area contributed by atoms with E-state index in [1.54, 1.807) is 11.8 Å². The Morgan fingerprint density at radius 2 is 1.53 bits per heavy atom. The Kier molecular flexibility index (Phi) is 16.3. The SMILES string of the molecule is CCCCCCSC/C=C(\C=O)SCCCCCC. The van der Waals surface area contributed by atoms with Gasteiger partial charge in [0.2, 0.25) is 0 Å². The summed E-state index contributed by atoms with van der Waals surface area (Å²) in [5, 5.41) is 0. The van der Waals surface area contributed by atoms with Crippen molar-refractivity contribution in [2.75, 3.05) is 17.3 Å². The molecular formula is C16H30OS2. The largest absolute Gasteiger partial charge is 0.297 e. The van der Waals surface area contributed by atoms with Gasteiger partial charge in [0.25, 0.3) is 0 Å². The molecule has 0 rings (SSSR count). The Morgan fingerprint density at radius 3 is 2.11 bits per heavy atom. The van der Waals surface area contributed by atoms with Crippen molar-refractivity contribution in [1.82, 2.24) is 0 Å². The van der Waals surface area contributed by atoms with E-state index >= 15 is 0 Å². The van der Waals surface area contributed by atoms with Gasteiger partial charge in [0.05, 0.1) is 0 Å². The number of carbonyl (C=O) groups excluding carboxylic acids is 1. The molecule has 112 valence electrons. The van der Waals surface area contributed by atoms with Crippen LogP contribution in [0.5, 0.6) is 0 Å². The number of unbranched alkanes of at least 4 members (excludes halogenated alkanes) is 6. The molecular weight excluding hydrogens is 272 g/mol. The lowest BCUT2D eigenvalue weighted by atomic mass is 10.2. The van der Waals surface area contributed by atoms with Crippen LogP contribution in [-0.2, 0) is 4.79 Å². The van der Waals surface area contributed by atoms with Gasteiger partial charge in [-0.15, -0.1) is 11.8 Å². The van der Waals surface area contributed by atoms with Crippen molar-refractivity contribution in [3.8, 4) is 0 Å². The molecule has 0 heterocycles. The highest BCUT2D eigenvalue weighted by Gasteiger charge is 1.97. The molecule has 0 atom stereocenters. The fourth-order valence-electron chi connectivity index (χ4n) is 1.72. The maximum Gasteiger partial charge on any atom is 0.156 e. The van der Waals surface area contributed by atoms with Gasteiger partial charge in [0.15, 0.2) is 6.29 Å². The molecule has 0 saturated heterocycles. The number of aldehydes is 1. The second-order valence-electron chi connectivity index (χ2n) is 4.77. The lowest BCUT2D eigenvalue weighted by Crippen LogP contribution is -1.87. The fraction of sp³-hybridized carbons (Fsp3) is 0.812. The first-order valence-corrected chi connectivity index (χ1v) is 9.85. The van der Waals surface area contributed by atoms with Gasteiger partial charge in [0, 0.05) is 10.7 Å². The third-order valence-corrected chi connectivity index (χ3v) is 5.00. The van der Waals surface area contributed by atoms with E-state index in [9.17, 15) is 4.79 Å². The number of hydrogen-bond donors (Lipinski definition) is 0. The molecule has 0 aromatic carbocycles. The van der Waals surface area contributed by atoms with E-state index in [0.29, 0.717) is 0 Å². The zero-order chi connectivity index (χ0) is 14.2. The quantitative estimate of drug-likeness (QED) is 0.233. The van der Waals surface area contributed by atoms with Crippen LogP contribution in [0.15, 0.2) is 11.0 Å². The highest BCUT2D eigenvalue weighted by atomic mass is 32.2. The summed E-state index contributed by atoms with van der Waals surface area (Å²) in [5.41, 5.74) is 0. The van der Waals surface area contributed by atoms with E-state index in [2.05, 4.69) is 19.9 Å². The van der Waals surface area contributed by atoms with Gasteiger partial charge in [0.1, 0.15) is 0 Å². The summed E-state index contributed by atoms with van der Waals surface area (Å²) < 4.78 is 0. The van der Waals surface area contributed by atoms with Crippen LogP contribution in [0, 0.1) is 0 Å². The van der Waals surface area contributed by atoms with Gasteiger partial charge in [-0.1, -0.05) is 58.4 Å². The van der Waals surface area contributed by atoms with Crippen molar-refractivity contribution in [1.29, 1.82) is 0 Å². The monoisotopic (exact) mass is 302 g/mol. The van der Waals surface area contributed by atoms with E-state index in [1.165, 1.54) is 57.1 Å². The van der Waals surface area contributed by atoms with Crippen molar-refractivity contribution in [3.63, 3.8) is 0 Å². The standard InChI is InChI=1S/C16H30OS2/c1-3-5-7-9-12-18-14-11-16(15-17)19-13-10-8-6-4-2/h11,15H,3-10,12-14H2,1-2H3/b16-11+. The van der Waals surface area contributed by atoms with Crippen LogP contribution in [0.2, 0.25) is 0 Å². The van der Waals surface area contributed by atoms with Crippen LogP contribution >= 0.6 is 23.5 Å². The maximum absolute atomic E-state index is 10.9. The number of rotatable bonds is 14. The van der Waals surface area contributed by atoms with E-state index in [4.69, 9.17) is 0 Å². The number of hydrogen-bond acceptors (Lipinski definition) is 3. The van der Waals surface area contributed by atoms with Gasteiger partial charge in [-0.3, -0.25) is 4.79 Å². The van der Waals surface area contributed by atoms with Crippen LogP contribution in [-0.4, -0.2) is 23.5 Å². The summed E-state index contributed by atoms with van der Waals surface area (Å²) in [6.07, 6.45) is 13.5. The Morgan fingerprint density at radius 1 is 0.895 bits per heavy atom. The molecule has 0 amide bonds. The van der Waals surface area contributed by atoms with Gasteiger partial charge in [-0.25, -0.2) is 0 Å². The molecule has 0 aromatic rings.